The van der Waals surface area contributed by atoms with Gasteiger partial charge in [-0.3, -0.25) is 27.6 Å². The first-order valence-corrected chi connectivity index (χ1v) is 37.2. The van der Waals surface area contributed by atoms with Crippen LogP contribution < -0.4 is 77.2 Å². The van der Waals surface area contributed by atoms with Crippen molar-refractivity contribution in [3.8, 4) is 29.4 Å². The van der Waals surface area contributed by atoms with Crippen LogP contribution in [0.15, 0.2) is 256 Å². The molecule has 557 valence electrons. The van der Waals surface area contributed by atoms with E-state index in [4.69, 9.17) is 66.4 Å². The van der Waals surface area contributed by atoms with Crippen molar-refractivity contribution in [1.82, 2.24) is 30.7 Å². The van der Waals surface area contributed by atoms with E-state index in [9.17, 15) is 19.8 Å². The predicted octanol–water partition coefficient (Wildman–Crippen LogP) is 9.19. The topological polar surface area (TPSA) is 327 Å². The zero-order valence-corrected chi connectivity index (χ0v) is 72.4. The molecule has 3 atom stereocenters. The van der Waals surface area contributed by atoms with Crippen molar-refractivity contribution < 1.29 is 155 Å². The summed E-state index contributed by atoms with van der Waals surface area (Å²) in [7, 11) is 0. The van der Waals surface area contributed by atoms with Gasteiger partial charge in [0.05, 0.1) is 19.3 Å². The van der Waals surface area contributed by atoms with Gasteiger partial charge in [-0.25, -0.2) is 0 Å². The number of hydrogen-bond donors (Lipinski definition) is 4. The number of ether oxygens (including phenoxy) is 6. The van der Waals surface area contributed by atoms with Crippen molar-refractivity contribution in [3.05, 3.63) is 309 Å². The van der Waals surface area contributed by atoms with Crippen molar-refractivity contribution in [2.75, 3.05) is 32.9 Å². The van der Waals surface area contributed by atoms with Crippen molar-refractivity contribution in [1.29, 1.82) is 0 Å². The number of aliphatic hydroxyl groups is 4. The summed E-state index contributed by atoms with van der Waals surface area (Å²) in [4.78, 5) is 23.8. The standard InChI is InChI=1S/C13H12BrNO3.C13H18NO2.C12H11NO4.C11H10BrNO3.C11H8BrNO3.C11H11NO3.2C2H3.B.Br2.Li.Na.Zn.H/c1-2-10(16)12-11(14)13(15-18-12)17-8-9-6-4-3-5-7-9;1-11(14-7-9-16-10-8-14)13(15)12-5-3-2-4-6-12;14-7-10(15)11-6-12(13-17-11)16-8-9-4-2-1-3-5-9;2*12-10-9(6-14)16-13-11(10)15-7-8-4-2-1-3-5-8;13-7-10-6-11(12-15-10)14-8-9-4-2-1-3-5-9;2*1-2;;1-2;;;;/h2-7,10,16H,1,8H2;2-6,11,13H,7-10H2,1H3;1-6,14H,7-8H2;1-5,14H,6-7H2;1-6H,7H2;1-6,13H,7-8H2;2*1H,2H2;;;;;;/q;-1;;;;;2*-1;;;2*+1;+2;-1/t;11-,13-;;;;;;;;;;;;/m.1............/s1. The number of Topliss-reactive ketones (excluding diaryl/α,β-unsaturated/α-hetero) is 1. The van der Waals surface area contributed by atoms with Crippen molar-refractivity contribution in [3.63, 3.8) is 0 Å². The van der Waals surface area contributed by atoms with Gasteiger partial charge in [-0.15, -0.1) is 6.58 Å². The Balaban J connectivity index is 0. The summed E-state index contributed by atoms with van der Waals surface area (Å²) in [6, 6.07) is 61.0. The van der Waals surface area contributed by atoms with E-state index in [1.54, 1.807) is 6.07 Å². The van der Waals surface area contributed by atoms with Crippen LogP contribution in [0.5, 0.6) is 29.4 Å². The molecule has 33 heteroatoms. The third kappa shape index (κ3) is 36.9. The maximum absolute atomic E-state index is 12.2. The number of carbonyl (C=O) groups excluding carboxylic acids is 2. The Kier molecular flexibility index (Phi) is 57.3. The molecule has 0 saturated carbocycles. The van der Waals surface area contributed by atoms with E-state index in [0.29, 0.717) is 81.9 Å². The summed E-state index contributed by atoms with van der Waals surface area (Å²) >= 11 is 15.2. The summed E-state index contributed by atoms with van der Waals surface area (Å²) in [5, 5.41) is 66.4. The van der Waals surface area contributed by atoms with Gasteiger partial charge in [-0.05, 0) is 107 Å². The van der Waals surface area contributed by atoms with Gasteiger partial charge in [0.15, 0.2) is 23.6 Å². The van der Waals surface area contributed by atoms with E-state index >= 15 is 0 Å². The third-order valence-corrected chi connectivity index (χ3v) is 15.8. The molecule has 1 saturated heterocycles. The average Bonchev–Trinajstić information content (AvgIpc) is 1.82. The molecule has 1 fully saturated rings. The molecule has 6 heterocycles. The number of nitrogens with zero attached hydrogens (tertiary/aromatic N) is 6. The number of aldehydes is 1. The van der Waals surface area contributed by atoms with Gasteiger partial charge < -0.3 is 91.2 Å². The number of aromatic nitrogens is 5. The smallest absolute Gasteiger partial charge is 1.00 e. The van der Waals surface area contributed by atoms with Gasteiger partial charge in [0.25, 0.3) is 29.4 Å². The van der Waals surface area contributed by atoms with Crippen LogP contribution >= 0.6 is 76.0 Å². The fourth-order valence-electron chi connectivity index (χ4n) is 8.29. The van der Waals surface area contributed by atoms with Crippen LogP contribution in [0.1, 0.15) is 92.3 Å². The second kappa shape index (κ2) is 61.1. The number of carbonyl (C=O) groups is 2. The molecule has 11 aromatic rings. The van der Waals surface area contributed by atoms with Crippen LogP contribution in [0.3, 0.4) is 0 Å². The Labute approximate surface area is 718 Å². The minimum Gasteiger partial charge on any atom is -1.00 e. The zero-order chi connectivity index (χ0) is 75.7. The van der Waals surface area contributed by atoms with E-state index in [1.165, 1.54) is 12.1 Å². The number of benzene rings is 6. The van der Waals surface area contributed by atoms with Crippen molar-refractivity contribution in [2.24, 2.45) is 0 Å². The molecule has 12 rings (SSSR count). The van der Waals surface area contributed by atoms with Crippen LogP contribution in [0.25, 0.3) is 0 Å². The Morgan fingerprint density at radius 2 is 0.954 bits per heavy atom. The maximum atomic E-state index is 12.2. The van der Waals surface area contributed by atoms with Gasteiger partial charge in [0.2, 0.25) is 17.3 Å². The monoisotopic (exact) mass is 1850 g/mol. The first-order chi connectivity index (χ1) is 50.8. The SMILES string of the molecule is BrBr.C=CC(O)c1onc(OCc2ccccc2)c1Br.C[C@H]([C@@H]([O-])c1ccccc1)N1CCOCC1.O=C(CO)c1cc(OCc2ccccc2)no1.O=Cc1onc(OCc2ccccc2)c1Br.OCc1cc(OCc2ccccc2)no1.OCc1onc(OCc2ccccc2)c1Br.[B].[CH-]=C.[CH-]=C.[H-].[Li+].[Na+].[Zn+2]. The molecule has 3 radical (unpaired) electrons. The predicted molar refractivity (Wildman–Crippen MR) is 409 cm³/mol. The summed E-state index contributed by atoms with van der Waals surface area (Å²) in [5.41, 5.74) is 6.02. The van der Waals surface area contributed by atoms with Gasteiger partial charge in [0.1, 0.15) is 72.4 Å². The molecule has 108 heavy (non-hydrogen) atoms. The average molecular weight is 1860 g/mol. The summed E-state index contributed by atoms with van der Waals surface area (Å²) in [6.45, 7) is 23.7. The Hall–Kier alpha value is -6.66. The molecule has 0 spiro atoms. The summed E-state index contributed by atoms with van der Waals surface area (Å²) in [6.07, 6.45) is 0.360. The Bertz CT molecular complexity index is 4100. The van der Waals surface area contributed by atoms with Crippen LogP contribution in [0.2, 0.25) is 0 Å². The molecule has 1 unspecified atom stereocenters. The van der Waals surface area contributed by atoms with E-state index in [1.807, 2.05) is 189 Å². The van der Waals surface area contributed by atoms with Crippen LogP contribution in [-0.4, -0.2) is 111 Å². The second-order valence-corrected chi connectivity index (χ2v) is 22.9. The molecule has 1 aliphatic heterocycles. The van der Waals surface area contributed by atoms with Crippen LogP contribution in [-0.2, 0) is 70.5 Å². The molecule has 6 aromatic carbocycles. The molecule has 4 N–H and O–H groups in total. The molecular formula is C75H77BBr5LiN6NaO18Zn. The van der Waals surface area contributed by atoms with E-state index in [-0.39, 0.29) is 126 Å². The van der Waals surface area contributed by atoms with Gasteiger partial charge >= 0.3 is 67.9 Å². The zero-order valence-electron chi connectivity index (χ0n) is 60.5. The molecule has 0 bridgehead atoms. The summed E-state index contributed by atoms with van der Waals surface area (Å²) in [5.74, 6) is 2.22. The fourth-order valence-corrected chi connectivity index (χ4v) is 9.52. The minimum absolute atomic E-state index is 0. The Morgan fingerprint density at radius 1 is 0.574 bits per heavy atom. The largest absolute Gasteiger partial charge is 2.00 e. The van der Waals surface area contributed by atoms with Crippen LogP contribution in [0, 0.1) is 13.2 Å². The molecule has 1 aliphatic rings. The Morgan fingerprint density at radius 3 is 1.33 bits per heavy atom. The van der Waals surface area contributed by atoms with E-state index < -0.39 is 24.6 Å². The van der Waals surface area contributed by atoms with Crippen molar-refractivity contribution >= 4 is 96.5 Å². The molecular weight excluding hydrogens is 1780 g/mol. The van der Waals surface area contributed by atoms with Gasteiger partial charge in [0, 0.05) is 55.8 Å². The first-order valence-electron chi connectivity index (χ1n) is 31.1. The maximum Gasteiger partial charge on any atom is 2.00 e. The van der Waals surface area contributed by atoms with Gasteiger partial charge in [-0.1, -0.05) is 207 Å². The second-order valence-electron chi connectivity index (χ2n) is 20.5. The summed E-state index contributed by atoms with van der Waals surface area (Å²) < 4.78 is 57.9. The minimum atomic E-state index is -0.902. The van der Waals surface area contributed by atoms with E-state index in [0.717, 1.165) is 59.7 Å². The molecule has 5 aromatic heterocycles. The van der Waals surface area contributed by atoms with Gasteiger partial charge in [-0.2, -0.15) is 0 Å². The first kappa shape index (κ1) is 101. The van der Waals surface area contributed by atoms with Crippen molar-refractivity contribution in [2.45, 2.75) is 71.4 Å². The fraction of sp³-hybridized carbons (Fsp3) is 0.213. The number of halogens is 5. The molecule has 0 amide bonds. The van der Waals surface area contributed by atoms with E-state index in [2.05, 4.69) is 140 Å². The van der Waals surface area contributed by atoms with Crippen LogP contribution in [0.4, 0.5) is 0 Å². The number of morpholine rings is 1. The number of aliphatic hydroxyl groups excluding tert-OH is 4. The normalized spacial score (nSPS) is 11.4. The molecule has 24 nitrogen and oxygen atoms in total. The quantitative estimate of drug-likeness (QED) is 0.0136. The molecule has 0 aliphatic carbocycles. The number of hydrogen-bond acceptors (Lipinski definition) is 24. The number of rotatable bonds is 25. The third-order valence-electron chi connectivity index (χ3n) is 13.6. The number of ketones is 1.